The van der Waals surface area contributed by atoms with Crippen LogP contribution in [0.1, 0.15) is 22.1 Å². The van der Waals surface area contributed by atoms with Crippen LogP contribution in [0.25, 0.3) is 0 Å². The maximum Gasteiger partial charge on any atom is 0.416 e. The van der Waals surface area contributed by atoms with E-state index in [1.165, 1.54) is 6.92 Å². The van der Waals surface area contributed by atoms with E-state index in [-0.39, 0.29) is 22.5 Å². The molecule has 2 aromatic rings. The van der Waals surface area contributed by atoms with Crippen LogP contribution in [0.2, 0.25) is 5.02 Å². The Bertz CT molecular complexity index is 655. The highest BCUT2D eigenvalue weighted by Gasteiger charge is 2.31. The van der Waals surface area contributed by atoms with Crippen molar-refractivity contribution in [2.24, 2.45) is 0 Å². The molecule has 0 aliphatic rings. The average molecular weight is 306 g/mol. The zero-order valence-electron chi connectivity index (χ0n) is 9.95. The number of halogens is 4. The standard InChI is InChI=1S/C11H7ClF3N3O2/c1-5-17-18-10(20-5)9(19)16-8-4-6(11(13,14)15)2-3-7(8)12/h2-4H,1H3,(H,16,19). The number of amides is 1. The third-order valence-electron chi connectivity index (χ3n) is 2.26. The van der Waals surface area contributed by atoms with Crippen LogP contribution in [-0.4, -0.2) is 16.1 Å². The third-order valence-corrected chi connectivity index (χ3v) is 2.59. The van der Waals surface area contributed by atoms with E-state index in [1.54, 1.807) is 0 Å². The number of hydrogen-bond acceptors (Lipinski definition) is 4. The van der Waals surface area contributed by atoms with Crippen molar-refractivity contribution in [1.29, 1.82) is 0 Å². The molecule has 5 nitrogen and oxygen atoms in total. The van der Waals surface area contributed by atoms with Gasteiger partial charge >= 0.3 is 18.0 Å². The highest BCUT2D eigenvalue weighted by atomic mass is 35.5. The molecule has 1 heterocycles. The van der Waals surface area contributed by atoms with Crippen LogP contribution in [-0.2, 0) is 6.18 Å². The number of nitrogens with one attached hydrogen (secondary N) is 1. The monoisotopic (exact) mass is 305 g/mol. The number of carbonyl (C=O) groups is 1. The second-order valence-electron chi connectivity index (χ2n) is 3.77. The zero-order valence-corrected chi connectivity index (χ0v) is 10.7. The fourth-order valence-electron chi connectivity index (χ4n) is 1.36. The minimum Gasteiger partial charge on any atom is -0.417 e. The first-order valence-corrected chi connectivity index (χ1v) is 5.63. The number of rotatable bonds is 2. The summed E-state index contributed by atoms with van der Waals surface area (Å²) in [6, 6.07) is 2.58. The molecule has 0 aliphatic heterocycles. The van der Waals surface area contributed by atoms with Gasteiger partial charge in [-0.25, -0.2) is 0 Å². The van der Waals surface area contributed by atoms with Crippen molar-refractivity contribution >= 4 is 23.2 Å². The van der Waals surface area contributed by atoms with Gasteiger partial charge in [0, 0.05) is 6.92 Å². The van der Waals surface area contributed by atoms with Gasteiger partial charge in [0.2, 0.25) is 5.89 Å². The van der Waals surface area contributed by atoms with Gasteiger partial charge in [-0.2, -0.15) is 13.2 Å². The number of carbonyl (C=O) groups excluding carboxylic acids is 1. The number of aromatic nitrogens is 2. The molecule has 0 aliphatic carbocycles. The Balaban J connectivity index is 2.27. The highest BCUT2D eigenvalue weighted by molar-refractivity contribution is 6.33. The Morgan fingerprint density at radius 1 is 1.35 bits per heavy atom. The molecule has 0 fully saturated rings. The Morgan fingerprint density at radius 2 is 2.05 bits per heavy atom. The van der Waals surface area contributed by atoms with Crippen LogP contribution in [0, 0.1) is 6.92 Å². The molecule has 106 valence electrons. The topological polar surface area (TPSA) is 68.0 Å². The molecule has 1 N–H and O–H groups in total. The molecule has 1 aromatic heterocycles. The predicted octanol–water partition coefficient (Wildman–Crippen LogP) is 3.30. The average Bonchev–Trinajstić information content (AvgIpc) is 2.77. The van der Waals surface area contributed by atoms with Crippen LogP contribution in [0.5, 0.6) is 0 Å². The Labute approximate surface area is 115 Å². The van der Waals surface area contributed by atoms with E-state index in [0.29, 0.717) is 0 Å². The maximum atomic E-state index is 12.6. The summed E-state index contributed by atoms with van der Waals surface area (Å²) in [6.45, 7) is 1.47. The van der Waals surface area contributed by atoms with Gasteiger partial charge in [0.05, 0.1) is 16.3 Å². The lowest BCUT2D eigenvalue weighted by atomic mass is 10.2. The van der Waals surface area contributed by atoms with Gasteiger partial charge in [0.15, 0.2) is 0 Å². The number of alkyl halides is 3. The molecule has 0 saturated carbocycles. The van der Waals surface area contributed by atoms with Crippen molar-refractivity contribution in [1.82, 2.24) is 10.2 Å². The first-order valence-electron chi connectivity index (χ1n) is 5.25. The molecule has 20 heavy (non-hydrogen) atoms. The molecule has 0 spiro atoms. The van der Waals surface area contributed by atoms with Gasteiger partial charge in [-0.05, 0) is 18.2 Å². The molecule has 1 amide bonds. The zero-order chi connectivity index (χ0) is 14.9. The van der Waals surface area contributed by atoms with Crippen molar-refractivity contribution < 1.29 is 22.4 Å². The van der Waals surface area contributed by atoms with E-state index in [1.807, 2.05) is 0 Å². The number of hydrogen-bond donors (Lipinski definition) is 1. The molecular formula is C11H7ClF3N3O2. The first-order chi connectivity index (χ1) is 9.27. The summed E-state index contributed by atoms with van der Waals surface area (Å²) in [4.78, 5) is 11.7. The van der Waals surface area contributed by atoms with Crippen LogP contribution in [0.3, 0.4) is 0 Å². The van der Waals surface area contributed by atoms with Gasteiger partial charge in [-0.1, -0.05) is 11.6 Å². The van der Waals surface area contributed by atoms with Gasteiger partial charge in [-0.3, -0.25) is 4.79 Å². The number of benzene rings is 1. The van der Waals surface area contributed by atoms with Gasteiger partial charge < -0.3 is 9.73 Å². The molecule has 0 bridgehead atoms. The van der Waals surface area contributed by atoms with Gasteiger partial charge in [-0.15, -0.1) is 10.2 Å². The third kappa shape index (κ3) is 3.08. The molecule has 0 radical (unpaired) electrons. The summed E-state index contributed by atoms with van der Waals surface area (Å²) in [5.74, 6) is -1.05. The summed E-state index contributed by atoms with van der Waals surface area (Å²) < 4.78 is 42.6. The molecule has 0 saturated heterocycles. The Kier molecular flexibility index (Phi) is 3.67. The predicted molar refractivity (Wildman–Crippen MR) is 63.4 cm³/mol. The number of anilines is 1. The summed E-state index contributed by atoms with van der Waals surface area (Å²) in [5, 5.41) is 9.03. The van der Waals surface area contributed by atoms with E-state index < -0.39 is 17.6 Å². The van der Waals surface area contributed by atoms with E-state index in [0.717, 1.165) is 18.2 Å². The smallest absolute Gasteiger partial charge is 0.416 e. The van der Waals surface area contributed by atoms with E-state index in [4.69, 9.17) is 16.0 Å². The summed E-state index contributed by atoms with van der Waals surface area (Å²) in [6.07, 6.45) is -4.54. The van der Waals surface area contributed by atoms with E-state index in [2.05, 4.69) is 15.5 Å². The quantitative estimate of drug-likeness (QED) is 0.924. The number of nitrogens with zero attached hydrogens (tertiary/aromatic N) is 2. The van der Waals surface area contributed by atoms with Crippen molar-refractivity contribution in [2.75, 3.05) is 5.32 Å². The first kappa shape index (κ1) is 14.3. The van der Waals surface area contributed by atoms with Crippen LogP contribution >= 0.6 is 11.6 Å². The minimum atomic E-state index is -4.54. The van der Waals surface area contributed by atoms with Crippen molar-refractivity contribution in [3.05, 3.63) is 40.6 Å². The molecule has 2 rings (SSSR count). The molecule has 0 unspecified atom stereocenters. The lowest BCUT2D eigenvalue weighted by Crippen LogP contribution is -2.14. The van der Waals surface area contributed by atoms with Gasteiger partial charge in [0.25, 0.3) is 0 Å². The van der Waals surface area contributed by atoms with Crippen LogP contribution in [0.4, 0.5) is 18.9 Å². The van der Waals surface area contributed by atoms with Gasteiger partial charge in [0.1, 0.15) is 0 Å². The van der Waals surface area contributed by atoms with E-state index >= 15 is 0 Å². The van der Waals surface area contributed by atoms with Crippen molar-refractivity contribution in [2.45, 2.75) is 13.1 Å². The summed E-state index contributed by atoms with van der Waals surface area (Å²) >= 11 is 5.73. The lowest BCUT2D eigenvalue weighted by molar-refractivity contribution is -0.137. The fraction of sp³-hybridized carbons (Fsp3) is 0.182. The SMILES string of the molecule is Cc1nnc(C(=O)Nc2cc(C(F)(F)F)ccc2Cl)o1. The summed E-state index contributed by atoms with van der Waals surface area (Å²) in [7, 11) is 0. The van der Waals surface area contributed by atoms with Crippen LogP contribution in [0.15, 0.2) is 22.6 Å². The number of aryl methyl sites for hydroxylation is 1. The van der Waals surface area contributed by atoms with Crippen LogP contribution < -0.4 is 5.32 Å². The molecular weight excluding hydrogens is 299 g/mol. The highest BCUT2D eigenvalue weighted by Crippen LogP contribution is 2.33. The Morgan fingerprint density at radius 3 is 2.60 bits per heavy atom. The van der Waals surface area contributed by atoms with Crippen molar-refractivity contribution in [3.63, 3.8) is 0 Å². The Hall–Kier alpha value is -2.09. The fourth-order valence-corrected chi connectivity index (χ4v) is 1.53. The maximum absolute atomic E-state index is 12.6. The van der Waals surface area contributed by atoms with Crippen molar-refractivity contribution in [3.8, 4) is 0 Å². The largest absolute Gasteiger partial charge is 0.417 e. The minimum absolute atomic E-state index is 0.0393. The molecule has 1 aromatic carbocycles. The second kappa shape index (κ2) is 5.12. The second-order valence-corrected chi connectivity index (χ2v) is 4.18. The normalized spacial score (nSPS) is 11.4. The molecule has 0 atom stereocenters. The molecule has 9 heteroatoms. The van der Waals surface area contributed by atoms with E-state index in [9.17, 15) is 18.0 Å². The summed E-state index contributed by atoms with van der Waals surface area (Å²) in [5.41, 5.74) is -1.12. The lowest BCUT2D eigenvalue weighted by Gasteiger charge is -2.10.